The SMILES string of the molecule is Cc1ccc(NC(=O)Nc2cc(Cl)ccc2Cl)c(Br)c1. The Morgan fingerprint density at radius 1 is 1.05 bits per heavy atom. The molecule has 104 valence electrons. The molecule has 0 aliphatic rings. The fourth-order valence-corrected chi connectivity index (χ4v) is 2.52. The molecule has 0 aliphatic carbocycles. The maximum Gasteiger partial charge on any atom is 0.323 e. The third kappa shape index (κ3) is 3.88. The number of hydrogen-bond acceptors (Lipinski definition) is 1. The molecule has 2 N–H and O–H groups in total. The van der Waals surface area contributed by atoms with Crippen LogP contribution in [0.5, 0.6) is 0 Å². The van der Waals surface area contributed by atoms with E-state index in [0.717, 1.165) is 10.0 Å². The van der Waals surface area contributed by atoms with Crippen LogP contribution >= 0.6 is 39.1 Å². The van der Waals surface area contributed by atoms with E-state index in [4.69, 9.17) is 23.2 Å². The Bertz CT molecular complexity index is 662. The summed E-state index contributed by atoms with van der Waals surface area (Å²) in [5, 5.41) is 6.31. The van der Waals surface area contributed by atoms with Gasteiger partial charge in [0.15, 0.2) is 0 Å². The molecule has 0 aromatic heterocycles. The Hall–Kier alpha value is -1.23. The summed E-state index contributed by atoms with van der Waals surface area (Å²) in [6.07, 6.45) is 0. The molecule has 0 heterocycles. The molecular formula is C14H11BrCl2N2O. The van der Waals surface area contributed by atoms with Crippen molar-refractivity contribution in [3.8, 4) is 0 Å². The van der Waals surface area contributed by atoms with Crippen molar-refractivity contribution in [1.82, 2.24) is 0 Å². The van der Waals surface area contributed by atoms with Crippen LogP contribution in [0.2, 0.25) is 10.0 Å². The molecule has 0 aliphatic heterocycles. The second-order valence-corrected chi connectivity index (χ2v) is 5.88. The van der Waals surface area contributed by atoms with Crippen LogP contribution in [0, 0.1) is 6.92 Å². The number of carbonyl (C=O) groups excluding carboxylic acids is 1. The summed E-state index contributed by atoms with van der Waals surface area (Å²) in [7, 11) is 0. The van der Waals surface area contributed by atoms with Crippen LogP contribution in [0.4, 0.5) is 16.2 Å². The van der Waals surface area contributed by atoms with Crippen molar-refractivity contribution in [2.24, 2.45) is 0 Å². The molecule has 3 nitrogen and oxygen atoms in total. The number of hydrogen-bond donors (Lipinski definition) is 2. The molecule has 0 fully saturated rings. The number of benzene rings is 2. The number of carbonyl (C=O) groups is 1. The summed E-state index contributed by atoms with van der Waals surface area (Å²) in [5.41, 5.74) is 2.23. The highest BCUT2D eigenvalue weighted by atomic mass is 79.9. The minimum atomic E-state index is -0.390. The van der Waals surface area contributed by atoms with Crippen LogP contribution in [-0.4, -0.2) is 6.03 Å². The number of anilines is 2. The number of rotatable bonds is 2. The Morgan fingerprint density at radius 3 is 2.45 bits per heavy atom. The van der Waals surface area contributed by atoms with Gasteiger partial charge in [0, 0.05) is 9.50 Å². The predicted molar refractivity (Wildman–Crippen MR) is 88.0 cm³/mol. The van der Waals surface area contributed by atoms with E-state index in [0.29, 0.717) is 21.4 Å². The van der Waals surface area contributed by atoms with E-state index < -0.39 is 6.03 Å². The first-order valence-corrected chi connectivity index (χ1v) is 7.30. The maximum absolute atomic E-state index is 11.9. The molecule has 0 bridgehead atoms. The summed E-state index contributed by atoms with van der Waals surface area (Å²) in [4.78, 5) is 11.9. The molecule has 0 unspecified atom stereocenters. The predicted octanol–water partition coefficient (Wildman–Crippen LogP) is 5.71. The van der Waals surface area contributed by atoms with Crippen LogP contribution in [0.3, 0.4) is 0 Å². The van der Waals surface area contributed by atoms with Gasteiger partial charge in [0.05, 0.1) is 16.4 Å². The van der Waals surface area contributed by atoms with Gasteiger partial charge in [0.1, 0.15) is 0 Å². The van der Waals surface area contributed by atoms with Gasteiger partial charge in [-0.1, -0.05) is 29.3 Å². The maximum atomic E-state index is 11.9. The number of amides is 2. The summed E-state index contributed by atoms with van der Waals surface area (Å²) in [6, 6.07) is 10.1. The largest absolute Gasteiger partial charge is 0.323 e. The minimum Gasteiger partial charge on any atom is -0.307 e. The van der Waals surface area contributed by atoms with E-state index in [2.05, 4.69) is 26.6 Å². The summed E-state index contributed by atoms with van der Waals surface area (Å²) < 4.78 is 0.810. The molecule has 0 saturated heterocycles. The van der Waals surface area contributed by atoms with Crippen molar-refractivity contribution in [3.05, 3.63) is 56.5 Å². The Kier molecular flexibility index (Phi) is 4.91. The van der Waals surface area contributed by atoms with Crippen LogP contribution < -0.4 is 10.6 Å². The Balaban J connectivity index is 2.11. The zero-order chi connectivity index (χ0) is 14.7. The Morgan fingerprint density at radius 2 is 1.75 bits per heavy atom. The highest BCUT2D eigenvalue weighted by molar-refractivity contribution is 9.10. The van der Waals surface area contributed by atoms with Gasteiger partial charge in [-0.15, -0.1) is 0 Å². The van der Waals surface area contributed by atoms with Crippen LogP contribution in [0.25, 0.3) is 0 Å². The second kappa shape index (κ2) is 6.48. The van der Waals surface area contributed by atoms with Gasteiger partial charge in [-0.3, -0.25) is 0 Å². The summed E-state index contributed by atoms with van der Waals surface area (Å²) >= 11 is 15.2. The minimum absolute atomic E-state index is 0.390. The topological polar surface area (TPSA) is 41.1 Å². The van der Waals surface area contributed by atoms with Crippen molar-refractivity contribution in [2.45, 2.75) is 6.92 Å². The summed E-state index contributed by atoms with van der Waals surface area (Å²) in [6.45, 7) is 1.97. The number of urea groups is 1. The van der Waals surface area contributed by atoms with Crippen LogP contribution in [0.15, 0.2) is 40.9 Å². The van der Waals surface area contributed by atoms with Crippen molar-refractivity contribution < 1.29 is 4.79 Å². The fourth-order valence-electron chi connectivity index (χ4n) is 1.59. The van der Waals surface area contributed by atoms with Crippen LogP contribution in [-0.2, 0) is 0 Å². The van der Waals surface area contributed by atoms with Gasteiger partial charge in [-0.25, -0.2) is 4.79 Å². The fraction of sp³-hybridized carbons (Fsp3) is 0.0714. The van der Waals surface area contributed by atoms with Gasteiger partial charge in [-0.05, 0) is 58.7 Å². The number of aryl methyl sites for hydroxylation is 1. The molecule has 2 rings (SSSR count). The van der Waals surface area contributed by atoms with E-state index in [1.54, 1.807) is 18.2 Å². The zero-order valence-electron chi connectivity index (χ0n) is 10.5. The molecule has 2 aromatic rings. The molecular weight excluding hydrogens is 363 g/mol. The molecule has 0 atom stereocenters. The zero-order valence-corrected chi connectivity index (χ0v) is 13.6. The normalized spacial score (nSPS) is 10.2. The van der Waals surface area contributed by atoms with Crippen LogP contribution in [0.1, 0.15) is 5.56 Å². The van der Waals surface area contributed by atoms with E-state index >= 15 is 0 Å². The third-order valence-electron chi connectivity index (χ3n) is 2.55. The first kappa shape index (κ1) is 15.2. The molecule has 0 radical (unpaired) electrons. The highest BCUT2D eigenvalue weighted by Crippen LogP contribution is 2.27. The van der Waals surface area contributed by atoms with Crippen molar-refractivity contribution in [3.63, 3.8) is 0 Å². The van der Waals surface area contributed by atoms with Gasteiger partial charge >= 0.3 is 6.03 Å². The average Bonchev–Trinajstić information content (AvgIpc) is 2.37. The van der Waals surface area contributed by atoms with E-state index in [1.807, 2.05) is 25.1 Å². The lowest BCUT2D eigenvalue weighted by molar-refractivity contribution is 0.262. The second-order valence-electron chi connectivity index (χ2n) is 4.19. The first-order chi connectivity index (χ1) is 9.45. The first-order valence-electron chi connectivity index (χ1n) is 5.75. The smallest absolute Gasteiger partial charge is 0.307 e. The number of halogens is 3. The monoisotopic (exact) mass is 372 g/mol. The molecule has 2 aromatic carbocycles. The van der Waals surface area contributed by atoms with Gasteiger partial charge in [0.25, 0.3) is 0 Å². The third-order valence-corrected chi connectivity index (χ3v) is 3.77. The quantitative estimate of drug-likeness (QED) is 0.695. The lowest BCUT2D eigenvalue weighted by Crippen LogP contribution is -2.19. The van der Waals surface area contributed by atoms with Crippen molar-refractivity contribution in [1.29, 1.82) is 0 Å². The molecule has 0 spiro atoms. The number of nitrogens with one attached hydrogen (secondary N) is 2. The average molecular weight is 374 g/mol. The van der Waals surface area contributed by atoms with Crippen molar-refractivity contribution in [2.75, 3.05) is 10.6 Å². The van der Waals surface area contributed by atoms with Gasteiger partial charge in [0.2, 0.25) is 0 Å². The highest BCUT2D eigenvalue weighted by Gasteiger charge is 2.08. The van der Waals surface area contributed by atoms with Gasteiger partial charge in [-0.2, -0.15) is 0 Å². The van der Waals surface area contributed by atoms with E-state index in [-0.39, 0.29) is 0 Å². The Labute approximate surface area is 135 Å². The molecule has 20 heavy (non-hydrogen) atoms. The molecule has 0 saturated carbocycles. The van der Waals surface area contributed by atoms with Gasteiger partial charge < -0.3 is 10.6 Å². The van der Waals surface area contributed by atoms with E-state index in [1.165, 1.54) is 0 Å². The lowest BCUT2D eigenvalue weighted by atomic mass is 10.2. The van der Waals surface area contributed by atoms with E-state index in [9.17, 15) is 4.79 Å². The lowest BCUT2D eigenvalue weighted by Gasteiger charge is -2.11. The standard InChI is InChI=1S/C14H11BrCl2N2O/c1-8-2-5-12(10(15)6-8)18-14(20)19-13-7-9(16)3-4-11(13)17/h2-7H,1H3,(H2,18,19,20). The summed E-state index contributed by atoms with van der Waals surface area (Å²) in [5.74, 6) is 0. The molecule has 2 amide bonds. The van der Waals surface area contributed by atoms with Crippen molar-refractivity contribution >= 4 is 56.5 Å². The molecule has 6 heteroatoms.